The Hall–Kier alpha value is -9.41. The number of sulfonamides is 2. The van der Waals surface area contributed by atoms with Gasteiger partial charge in [-0.25, -0.2) is 30.5 Å². The number of esters is 1. The number of furan rings is 2. The van der Waals surface area contributed by atoms with Crippen molar-refractivity contribution in [2.24, 2.45) is 11.8 Å². The highest BCUT2D eigenvalue weighted by atomic mass is 35.5. The van der Waals surface area contributed by atoms with E-state index in [1.54, 1.807) is 52.2 Å². The summed E-state index contributed by atoms with van der Waals surface area (Å²) in [5.41, 5.74) is 9.23. The molecule has 600 valence electrons. The number of carbonyl (C=O) groups is 4. The van der Waals surface area contributed by atoms with E-state index in [4.69, 9.17) is 57.3 Å². The quantitative estimate of drug-likeness (QED) is 0.0141. The summed E-state index contributed by atoms with van der Waals surface area (Å²) in [6, 6.07) is 55.5. The predicted molar refractivity (Wildman–Crippen MR) is 432 cm³/mol. The SMILES string of the molecule is CNC(=O)c1c(-c2ccc(C)cc2)oc2nc(N(CCC[C@H](C)C(=O)O)S(C)(=O)=O)c(C3CC3)cc12.CNC(=O)c1c(-c2ccc(C)cc2)oc2nc(N(CCC[C@H](C)C(=O)OCOP(=O)(OCc3ccccc3)OCc3ccccc3)S(C)(=O)=O)c(C3CC3)cc12.O=P(OCCl)(OCc1ccccc1)OCc1ccccc1. The number of rotatable bonds is 37. The maximum atomic E-state index is 13.5. The number of pyridine rings is 2. The van der Waals surface area contributed by atoms with E-state index in [1.165, 1.54) is 8.61 Å². The normalized spacial score (nSPS) is 13.6. The first-order valence-corrected chi connectivity index (χ1v) is 43.9. The molecule has 2 aliphatic rings. The number of ether oxygens (including phenoxy) is 1. The van der Waals surface area contributed by atoms with E-state index in [2.05, 4.69) is 15.6 Å². The number of halogens is 1. The van der Waals surface area contributed by atoms with Crippen LogP contribution < -0.4 is 19.2 Å². The van der Waals surface area contributed by atoms with E-state index in [9.17, 15) is 50.3 Å². The third-order valence-corrected chi connectivity index (χ3v) is 23.8. The lowest BCUT2D eigenvalue weighted by Crippen LogP contribution is -2.33. The Bertz CT molecular complexity index is 5140. The summed E-state index contributed by atoms with van der Waals surface area (Å²) in [5, 5.41) is 15.6. The molecule has 6 aromatic carbocycles. The van der Waals surface area contributed by atoms with E-state index in [0.29, 0.717) is 63.0 Å². The maximum absolute atomic E-state index is 13.5. The molecule has 0 spiro atoms. The zero-order chi connectivity index (χ0) is 81.0. The number of amides is 2. The number of nitrogens with zero attached hydrogens (tertiary/aromatic N) is 4. The van der Waals surface area contributed by atoms with Crippen molar-refractivity contribution in [2.45, 2.75) is 117 Å². The van der Waals surface area contributed by atoms with Crippen LogP contribution in [0.5, 0.6) is 0 Å². The summed E-state index contributed by atoms with van der Waals surface area (Å²) in [7, 11) is -12.3. The third kappa shape index (κ3) is 24.1. The minimum Gasteiger partial charge on any atom is -0.481 e. The zero-order valence-corrected chi connectivity index (χ0v) is 68.2. The van der Waals surface area contributed by atoms with Gasteiger partial charge in [-0.1, -0.05) is 206 Å². The molecule has 0 radical (unpaired) electrons. The Labute approximate surface area is 663 Å². The number of phosphoric acid groups is 2. The molecule has 2 saturated carbocycles. The Morgan fingerprint density at radius 1 is 0.522 bits per heavy atom. The van der Waals surface area contributed by atoms with Gasteiger partial charge in [-0.3, -0.25) is 50.4 Å². The van der Waals surface area contributed by atoms with Crippen molar-refractivity contribution in [3.63, 3.8) is 0 Å². The number of hydrogen-bond acceptors (Lipinski definition) is 21. The molecule has 0 saturated heterocycles. The average molecular weight is 1640 g/mol. The molecule has 0 unspecified atom stereocenters. The van der Waals surface area contributed by atoms with Crippen LogP contribution >= 0.6 is 27.2 Å². The fourth-order valence-electron chi connectivity index (χ4n) is 12.0. The maximum Gasteiger partial charge on any atom is 0.478 e. The number of nitrogens with one attached hydrogen (secondary N) is 2. The molecular weight excluding hydrogens is 1550 g/mol. The first-order valence-electron chi connectivity index (χ1n) is 36.7. The number of aliphatic carboxylic acids is 1. The van der Waals surface area contributed by atoms with Gasteiger partial charge in [0.1, 0.15) is 29.2 Å². The molecule has 3 N–H and O–H groups in total. The predicted octanol–water partition coefficient (Wildman–Crippen LogP) is 17.3. The van der Waals surface area contributed by atoms with Crippen LogP contribution in [0.4, 0.5) is 11.6 Å². The topological polar surface area (TPSA) is 338 Å². The molecular formula is C82H93ClN6O20P2S2. The standard InChI is InChI=1S/C41H46N3O10PS.C26H31N3O6S.C15H16ClO4P/c1-28-17-19-33(20-18-28)37-36(39(45)42-3)35-24-34(32-21-22-32)38(43-40(35)54-37)44(56(4,48)49)23-11-12-29(2)41(46)50-27-53-55(47,51-25-30-13-7-5-8-14-30)52-26-31-15-9-6-10-16-31;1-15-7-9-18(10-8-15)22-21(24(30)27-3)20-14-19(17-11-12-17)23(28-25(20)35-22)29(36(4,33)34)13-5-6-16(2)26(31)32;16-13-20-21(17,18-11-14-7-3-1-4-8-14)19-12-15-9-5-2-6-10-15/h5-10,13-20,24,29,32H,11-12,21-23,25-27H2,1-4H3,(H,42,45);7-10,14,16-17H,5-6,11-13H2,1-4H3,(H,27,30)(H,31,32);1-10H,11-13H2/t29-;16-;/m00./s1. The van der Waals surface area contributed by atoms with Gasteiger partial charge in [-0.2, -0.15) is 9.97 Å². The van der Waals surface area contributed by atoms with Gasteiger partial charge in [0.25, 0.3) is 11.8 Å². The Morgan fingerprint density at radius 3 is 1.17 bits per heavy atom. The number of aryl methyl sites for hydroxylation is 2. The number of phosphoric ester groups is 2. The second-order valence-corrected chi connectivity index (χ2v) is 34.9. The van der Waals surface area contributed by atoms with Gasteiger partial charge in [-0.05, 0) is 123 Å². The van der Waals surface area contributed by atoms with Crippen molar-refractivity contribution < 1.29 is 91.0 Å². The summed E-state index contributed by atoms with van der Waals surface area (Å²) in [6.45, 7) is 6.77. The van der Waals surface area contributed by atoms with E-state index in [1.807, 2.05) is 172 Å². The molecule has 0 aliphatic heterocycles. The van der Waals surface area contributed by atoms with Gasteiger partial charge < -0.3 is 29.3 Å². The van der Waals surface area contributed by atoms with Crippen LogP contribution in [0.3, 0.4) is 0 Å². The number of fused-ring (bicyclic) bond motifs is 2. The molecule has 4 heterocycles. The minimum absolute atomic E-state index is 0.0227. The molecule has 2 aliphatic carbocycles. The molecule has 31 heteroatoms. The molecule has 2 fully saturated rings. The zero-order valence-electron chi connectivity index (χ0n) is 64.0. The highest BCUT2D eigenvalue weighted by Gasteiger charge is 2.38. The molecule has 2 atom stereocenters. The summed E-state index contributed by atoms with van der Waals surface area (Å²) in [5.74, 6) is -2.02. The van der Waals surface area contributed by atoms with E-state index >= 15 is 0 Å². The van der Waals surface area contributed by atoms with Gasteiger partial charge in [-0.15, -0.1) is 0 Å². The Kier molecular flexibility index (Phi) is 30.1. The number of alkyl halides is 1. The number of carboxylic acids is 1. The largest absolute Gasteiger partial charge is 0.481 e. The second kappa shape index (κ2) is 39.6. The number of anilines is 2. The van der Waals surface area contributed by atoms with Crippen molar-refractivity contribution in [1.29, 1.82) is 0 Å². The van der Waals surface area contributed by atoms with Gasteiger partial charge >= 0.3 is 27.6 Å². The number of carbonyl (C=O) groups excluding carboxylic acids is 3. The first-order chi connectivity index (χ1) is 54.1. The smallest absolute Gasteiger partial charge is 0.478 e. The van der Waals surface area contributed by atoms with Crippen molar-refractivity contribution in [1.82, 2.24) is 20.6 Å². The van der Waals surface area contributed by atoms with Crippen LogP contribution in [0.25, 0.3) is 44.8 Å². The van der Waals surface area contributed by atoms with Gasteiger partial charge in [0.05, 0.1) is 72.7 Å². The molecule has 113 heavy (non-hydrogen) atoms. The van der Waals surface area contributed by atoms with Crippen LogP contribution in [0.15, 0.2) is 191 Å². The molecule has 4 aromatic heterocycles. The Balaban J connectivity index is 0.000000201. The number of aromatic nitrogens is 2. The molecule has 26 nitrogen and oxygen atoms in total. The van der Waals surface area contributed by atoms with E-state index in [0.717, 1.165) is 77.1 Å². The van der Waals surface area contributed by atoms with Crippen LogP contribution in [-0.2, 0) is 97.1 Å². The number of benzene rings is 6. The van der Waals surface area contributed by atoms with Crippen molar-refractivity contribution >= 4 is 105 Å². The molecule has 0 bridgehead atoms. The van der Waals surface area contributed by atoms with Crippen molar-refractivity contribution in [3.8, 4) is 22.6 Å². The summed E-state index contributed by atoms with van der Waals surface area (Å²) in [6.07, 6.45) is 6.95. The fraction of sp³-hybridized carbons (Fsp3) is 0.341. The highest BCUT2D eigenvalue weighted by Crippen LogP contribution is 2.53. The summed E-state index contributed by atoms with van der Waals surface area (Å²) < 4.78 is 130. The minimum atomic E-state index is -4.17. The van der Waals surface area contributed by atoms with E-state index < -0.39 is 66.3 Å². The third-order valence-electron chi connectivity index (χ3n) is 18.6. The lowest BCUT2D eigenvalue weighted by molar-refractivity contribution is -0.156. The number of carboxylic acid groups (broad SMARTS) is 1. The molecule has 12 rings (SSSR count). The van der Waals surface area contributed by atoms with Gasteiger partial charge in [0.15, 0.2) is 0 Å². The van der Waals surface area contributed by atoms with Crippen LogP contribution in [0.1, 0.15) is 142 Å². The van der Waals surface area contributed by atoms with Gasteiger partial charge in [0, 0.05) is 38.3 Å². The van der Waals surface area contributed by atoms with Crippen molar-refractivity contribution in [3.05, 3.63) is 238 Å². The fourth-order valence-corrected chi connectivity index (χ4v) is 16.2. The highest BCUT2D eigenvalue weighted by molar-refractivity contribution is 7.92. The summed E-state index contributed by atoms with van der Waals surface area (Å²) in [4.78, 5) is 59.7. The second-order valence-electron chi connectivity index (χ2n) is 27.5. The lowest BCUT2D eigenvalue weighted by atomic mass is 10.0. The van der Waals surface area contributed by atoms with Crippen LogP contribution in [-0.4, -0.2) is 108 Å². The van der Waals surface area contributed by atoms with Crippen LogP contribution in [0.2, 0.25) is 0 Å². The number of hydrogen-bond donors (Lipinski definition) is 3. The molecule has 10 aromatic rings. The lowest BCUT2D eigenvalue weighted by Gasteiger charge is -2.24. The van der Waals surface area contributed by atoms with Crippen LogP contribution in [0, 0.1) is 25.7 Å². The van der Waals surface area contributed by atoms with Crippen molar-refractivity contribution in [2.75, 3.05) is 61.2 Å². The monoisotopic (exact) mass is 1640 g/mol. The summed E-state index contributed by atoms with van der Waals surface area (Å²) >= 11 is 5.49. The van der Waals surface area contributed by atoms with Gasteiger partial charge in [0.2, 0.25) is 38.3 Å². The Morgan fingerprint density at radius 2 is 0.858 bits per heavy atom. The molecule has 2 amide bonds. The van der Waals surface area contributed by atoms with E-state index in [-0.39, 0.29) is 105 Å². The first kappa shape index (κ1) is 86.0. The average Bonchev–Trinajstić information content (AvgIpc) is 1.60.